The summed E-state index contributed by atoms with van der Waals surface area (Å²) < 4.78 is 5.22. The van der Waals surface area contributed by atoms with Crippen LogP contribution in [-0.2, 0) is 6.42 Å². The Balaban J connectivity index is 0.00000220. The minimum Gasteiger partial charge on any atom is -0.497 e. The van der Waals surface area contributed by atoms with Gasteiger partial charge in [-0.3, -0.25) is 4.99 Å². The number of rotatable bonds is 4. The number of hydrogen-bond donors (Lipinski definition) is 1. The molecule has 1 atom stereocenters. The van der Waals surface area contributed by atoms with Gasteiger partial charge in [-0.15, -0.1) is 24.0 Å². The number of ether oxygens (including phenoxy) is 1. The van der Waals surface area contributed by atoms with Gasteiger partial charge in [0.2, 0.25) is 0 Å². The molecule has 1 fully saturated rings. The lowest BCUT2D eigenvalue weighted by Crippen LogP contribution is -2.43. The first-order valence-electron chi connectivity index (χ1n) is 7.37. The Kier molecular flexibility index (Phi) is 7.85. The number of aliphatic imine (C=N–C) groups is 1. The van der Waals surface area contributed by atoms with E-state index in [4.69, 9.17) is 10.5 Å². The number of nitrogens with two attached hydrogens (primary N) is 1. The van der Waals surface area contributed by atoms with Crippen LogP contribution in [0, 0.1) is 5.92 Å². The molecular formula is C16H26IN3O. The molecule has 1 aromatic rings. The van der Waals surface area contributed by atoms with E-state index in [1.54, 1.807) is 7.11 Å². The molecule has 4 nitrogen and oxygen atoms in total. The Morgan fingerprint density at radius 1 is 1.48 bits per heavy atom. The molecule has 118 valence electrons. The highest BCUT2D eigenvalue weighted by atomic mass is 127. The van der Waals surface area contributed by atoms with E-state index in [9.17, 15) is 0 Å². The third kappa shape index (κ3) is 5.73. The van der Waals surface area contributed by atoms with Crippen molar-refractivity contribution in [2.45, 2.75) is 26.2 Å². The molecule has 0 spiro atoms. The molecule has 0 bridgehead atoms. The maximum Gasteiger partial charge on any atom is 0.191 e. The van der Waals surface area contributed by atoms with Gasteiger partial charge in [-0.05, 0) is 42.9 Å². The van der Waals surface area contributed by atoms with Crippen LogP contribution in [0.4, 0.5) is 0 Å². The summed E-state index contributed by atoms with van der Waals surface area (Å²) in [6, 6.07) is 8.11. The molecule has 1 aromatic carbocycles. The van der Waals surface area contributed by atoms with Crippen LogP contribution in [0.25, 0.3) is 0 Å². The van der Waals surface area contributed by atoms with Gasteiger partial charge in [-0.2, -0.15) is 0 Å². The van der Waals surface area contributed by atoms with E-state index in [1.807, 2.05) is 12.1 Å². The maximum atomic E-state index is 6.08. The molecule has 5 heteroatoms. The minimum atomic E-state index is 0. The average Bonchev–Trinajstić information content (AvgIpc) is 2.47. The molecule has 1 heterocycles. The summed E-state index contributed by atoms with van der Waals surface area (Å²) in [6.07, 6.45) is 3.40. The first kappa shape index (κ1) is 18.1. The molecule has 0 amide bonds. The predicted molar refractivity (Wildman–Crippen MR) is 98.6 cm³/mol. The summed E-state index contributed by atoms with van der Waals surface area (Å²) in [4.78, 5) is 6.72. The quantitative estimate of drug-likeness (QED) is 0.478. The molecule has 1 aliphatic heterocycles. The molecule has 0 saturated carbocycles. The predicted octanol–water partition coefficient (Wildman–Crippen LogP) is 2.90. The number of halogens is 1. The Bertz CT molecular complexity index is 465. The Morgan fingerprint density at radius 3 is 3.00 bits per heavy atom. The van der Waals surface area contributed by atoms with Gasteiger partial charge in [-0.1, -0.05) is 19.1 Å². The van der Waals surface area contributed by atoms with Gasteiger partial charge in [0.1, 0.15) is 5.75 Å². The van der Waals surface area contributed by atoms with Crippen molar-refractivity contribution in [2.24, 2.45) is 16.6 Å². The summed E-state index contributed by atoms with van der Waals surface area (Å²) >= 11 is 0. The maximum absolute atomic E-state index is 6.08. The van der Waals surface area contributed by atoms with Gasteiger partial charge in [0.25, 0.3) is 0 Å². The van der Waals surface area contributed by atoms with Crippen LogP contribution in [0.2, 0.25) is 0 Å². The fraction of sp³-hybridized carbons (Fsp3) is 0.562. The van der Waals surface area contributed by atoms with Crippen molar-refractivity contribution in [1.29, 1.82) is 0 Å². The summed E-state index contributed by atoms with van der Waals surface area (Å²) in [5, 5.41) is 0. The lowest BCUT2D eigenvalue weighted by molar-refractivity contribution is 0.270. The van der Waals surface area contributed by atoms with Gasteiger partial charge >= 0.3 is 0 Å². The lowest BCUT2D eigenvalue weighted by Gasteiger charge is -2.31. The summed E-state index contributed by atoms with van der Waals surface area (Å²) in [6.45, 7) is 5.08. The van der Waals surface area contributed by atoms with Crippen molar-refractivity contribution >= 4 is 29.9 Å². The molecule has 1 unspecified atom stereocenters. The highest BCUT2D eigenvalue weighted by Gasteiger charge is 2.17. The Morgan fingerprint density at radius 2 is 2.29 bits per heavy atom. The van der Waals surface area contributed by atoms with Crippen LogP contribution in [0.3, 0.4) is 0 Å². The molecule has 0 aromatic heterocycles. The Hall–Kier alpha value is -0.980. The SMILES string of the molecule is COc1cccc(CCN=C(N)N2CCCC(C)C2)c1.I. The normalized spacial score (nSPS) is 19.0. The lowest BCUT2D eigenvalue weighted by atomic mass is 10.0. The number of benzene rings is 1. The summed E-state index contributed by atoms with van der Waals surface area (Å²) in [5.41, 5.74) is 7.31. The summed E-state index contributed by atoms with van der Waals surface area (Å²) in [5.74, 6) is 2.31. The zero-order valence-corrected chi connectivity index (χ0v) is 15.2. The summed E-state index contributed by atoms with van der Waals surface area (Å²) in [7, 11) is 1.69. The number of methoxy groups -OCH3 is 1. The second kappa shape index (κ2) is 9.12. The third-order valence-electron chi connectivity index (χ3n) is 3.79. The number of guanidine groups is 1. The van der Waals surface area contributed by atoms with Gasteiger partial charge in [0.05, 0.1) is 7.11 Å². The van der Waals surface area contributed by atoms with Gasteiger partial charge in [0, 0.05) is 19.6 Å². The van der Waals surface area contributed by atoms with E-state index in [0.29, 0.717) is 5.96 Å². The first-order valence-corrected chi connectivity index (χ1v) is 7.37. The largest absolute Gasteiger partial charge is 0.497 e. The number of piperidine rings is 1. The minimum absolute atomic E-state index is 0. The highest BCUT2D eigenvalue weighted by Crippen LogP contribution is 2.15. The molecule has 2 rings (SSSR count). The standard InChI is InChI=1S/C16H25N3O.HI/c1-13-5-4-10-19(12-13)16(17)18-9-8-14-6-3-7-15(11-14)20-2;/h3,6-7,11,13H,4-5,8-10,12H2,1-2H3,(H2,17,18);1H. The van der Waals surface area contributed by atoms with Crippen LogP contribution < -0.4 is 10.5 Å². The van der Waals surface area contributed by atoms with E-state index in [1.165, 1.54) is 18.4 Å². The molecule has 21 heavy (non-hydrogen) atoms. The third-order valence-corrected chi connectivity index (χ3v) is 3.79. The van der Waals surface area contributed by atoms with Crippen LogP contribution in [0.15, 0.2) is 29.3 Å². The molecular weight excluding hydrogens is 377 g/mol. The van der Waals surface area contributed by atoms with Crippen molar-refractivity contribution in [2.75, 3.05) is 26.7 Å². The van der Waals surface area contributed by atoms with E-state index in [2.05, 4.69) is 28.9 Å². The second-order valence-electron chi connectivity index (χ2n) is 5.53. The van der Waals surface area contributed by atoms with Crippen molar-refractivity contribution in [3.05, 3.63) is 29.8 Å². The number of likely N-dealkylation sites (tertiary alicyclic amines) is 1. The first-order chi connectivity index (χ1) is 9.69. The molecule has 0 aliphatic carbocycles. The number of nitrogens with zero attached hydrogens (tertiary/aromatic N) is 2. The van der Waals surface area contributed by atoms with E-state index < -0.39 is 0 Å². The molecule has 1 saturated heterocycles. The second-order valence-corrected chi connectivity index (χ2v) is 5.53. The molecule has 2 N–H and O–H groups in total. The fourth-order valence-corrected chi connectivity index (χ4v) is 2.63. The van der Waals surface area contributed by atoms with Crippen LogP contribution in [-0.4, -0.2) is 37.6 Å². The van der Waals surface area contributed by atoms with Crippen molar-refractivity contribution < 1.29 is 4.74 Å². The van der Waals surface area contributed by atoms with Crippen LogP contribution in [0.5, 0.6) is 5.75 Å². The van der Waals surface area contributed by atoms with Crippen LogP contribution >= 0.6 is 24.0 Å². The number of hydrogen-bond acceptors (Lipinski definition) is 2. The van der Waals surface area contributed by atoms with Crippen LogP contribution in [0.1, 0.15) is 25.3 Å². The smallest absolute Gasteiger partial charge is 0.191 e. The topological polar surface area (TPSA) is 50.9 Å². The van der Waals surface area contributed by atoms with E-state index in [0.717, 1.165) is 37.7 Å². The van der Waals surface area contributed by atoms with Gasteiger partial charge < -0.3 is 15.4 Å². The van der Waals surface area contributed by atoms with Crippen molar-refractivity contribution in [1.82, 2.24) is 4.90 Å². The molecule has 1 aliphatic rings. The zero-order valence-electron chi connectivity index (χ0n) is 12.9. The Labute approximate surface area is 144 Å². The fourth-order valence-electron chi connectivity index (χ4n) is 2.63. The van der Waals surface area contributed by atoms with Crippen molar-refractivity contribution in [3.8, 4) is 5.75 Å². The average molecular weight is 403 g/mol. The van der Waals surface area contributed by atoms with Gasteiger partial charge in [0.15, 0.2) is 5.96 Å². The van der Waals surface area contributed by atoms with Crippen molar-refractivity contribution in [3.63, 3.8) is 0 Å². The highest BCUT2D eigenvalue weighted by molar-refractivity contribution is 14.0. The molecule has 0 radical (unpaired) electrons. The van der Waals surface area contributed by atoms with Gasteiger partial charge in [-0.25, -0.2) is 0 Å². The van der Waals surface area contributed by atoms with E-state index >= 15 is 0 Å². The zero-order chi connectivity index (χ0) is 14.4. The van der Waals surface area contributed by atoms with E-state index in [-0.39, 0.29) is 24.0 Å². The monoisotopic (exact) mass is 403 g/mol.